The first-order valence-corrected chi connectivity index (χ1v) is 6.85. The highest BCUT2D eigenvalue weighted by Crippen LogP contribution is 2.43. The van der Waals surface area contributed by atoms with Crippen LogP contribution in [0.25, 0.3) is 4.91 Å². The molecule has 0 fully saturated rings. The quantitative estimate of drug-likeness (QED) is 0.731. The van der Waals surface area contributed by atoms with E-state index in [9.17, 15) is 0 Å². The van der Waals surface area contributed by atoms with Gasteiger partial charge in [0, 0.05) is 4.91 Å². The number of benzene rings is 2. The Labute approximate surface area is 112 Å². The van der Waals surface area contributed by atoms with E-state index in [0.717, 1.165) is 0 Å². The maximum atomic E-state index is 2.34. The van der Waals surface area contributed by atoms with Crippen LogP contribution < -0.4 is 0 Å². The third-order valence-corrected chi connectivity index (χ3v) is 4.23. The molecular formula is C16H15NS. The molecule has 90 valence electrons. The molecular weight excluding hydrogens is 238 g/mol. The standard InChI is InChI=1S/C16H15NS/c1-17-15(13-8-4-2-5-9-13)12-16(18-17)14-10-6-3-7-11-14/h2-12,15H,1H3. The summed E-state index contributed by atoms with van der Waals surface area (Å²) in [6.07, 6.45) is 2.34. The minimum absolute atomic E-state index is 0.367. The summed E-state index contributed by atoms with van der Waals surface area (Å²) in [5.74, 6) is 0. The molecule has 1 heterocycles. The van der Waals surface area contributed by atoms with Gasteiger partial charge in [0.2, 0.25) is 0 Å². The summed E-state index contributed by atoms with van der Waals surface area (Å²) in [6.45, 7) is 0. The van der Waals surface area contributed by atoms with Gasteiger partial charge in [-0.3, -0.25) is 0 Å². The second-order valence-corrected chi connectivity index (χ2v) is 5.59. The van der Waals surface area contributed by atoms with Crippen LogP contribution in [-0.4, -0.2) is 11.4 Å². The van der Waals surface area contributed by atoms with Crippen LogP contribution in [0.15, 0.2) is 66.7 Å². The van der Waals surface area contributed by atoms with E-state index in [-0.39, 0.29) is 0 Å². The van der Waals surface area contributed by atoms with Gasteiger partial charge in [-0.15, -0.1) is 0 Å². The molecule has 2 aromatic carbocycles. The number of hydrogen-bond donors (Lipinski definition) is 0. The molecule has 18 heavy (non-hydrogen) atoms. The maximum absolute atomic E-state index is 2.34. The van der Waals surface area contributed by atoms with Crippen molar-refractivity contribution in [2.24, 2.45) is 0 Å². The van der Waals surface area contributed by atoms with E-state index >= 15 is 0 Å². The Morgan fingerprint density at radius 2 is 1.50 bits per heavy atom. The Morgan fingerprint density at radius 1 is 0.889 bits per heavy atom. The van der Waals surface area contributed by atoms with Crippen LogP contribution in [0.2, 0.25) is 0 Å². The van der Waals surface area contributed by atoms with Crippen molar-refractivity contribution in [1.29, 1.82) is 0 Å². The van der Waals surface area contributed by atoms with Crippen LogP contribution in [0, 0.1) is 0 Å². The Kier molecular flexibility index (Phi) is 3.22. The molecule has 1 nitrogen and oxygen atoms in total. The van der Waals surface area contributed by atoms with Gasteiger partial charge in [-0.05, 0) is 36.2 Å². The van der Waals surface area contributed by atoms with Crippen LogP contribution in [-0.2, 0) is 0 Å². The lowest BCUT2D eigenvalue weighted by molar-refractivity contribution is 0.507. The minimum Gasteiger partial charge on any atom is -0.238 e. The molecule has 3 rings (SSSR count). The van der Waals surface area contributed by atoms with Crippen molar-refractivity contribution in [2.75, 3.05) is 7.05 Å². The predicted molar refractivity (Wildman–Crippen MR) is 79.0 cm³/mol. The minimum atomic E-state index is 0.367. The zero-order valence-corrected chi connectivity index (χ0v) is 11.1. The van der Waals surface area contributed by atoms with Gasteiger partial charge in [0.25, 0.3) is 0 Å². The molecule has 1 atom stereocenters. The zero-order chi connectivity index (χ0) is 12.4. The van der Waals surface area contributed by atoms with E-state index in [2.05, 4.69) is 78.1 Å². The lowest BCUT2D eigenvalue weighted by Gasteiger charge is -2.17. The number of hydrogen-bond acceptors (Lipinski definition) is 2. The van der Waals surface area contributed by atoms with E-state index in [1.54, 1.807) is 0 Å². The van der Waals surface area contributed by atoms with Crippen molar-refractivity contribution in [3.8, 4) is 0 Å². The monoisotopic (exact) mass is 253 g/mol. The summed E-state index contributed by atoms with van der Waals surface area (Å²) in [7, 11) is 2.15. The fraction of sp³-hybridized carbons (Fsp3) is 0.125. The Balaban J connectivity index is 1.92. The molecule has 1 aliphatic rings. The van der Waals surface area contributed by atoms with Gasteiger partial charge in [0.1, 0.15) is 0 Å². The molecule has 0 spiro atoms. The number of likely N-dealkylation sites (N-methyl/N-ethyl adjacent to an activating group) is 1. The van der Waals surface area contributed by atoms with Gasteiger partial charge >= 0.3 is 0 Å². The molecule has 1 aliphatic heterocycles. The van der Waals surface area contributed by atoms with Gasteiger partial charge < -0.3 is 0 Å². The van der Waals surface area contributed by atoms with Crippen LogP contribution in [0.5, 0.6) is 0 Å². The molecule has 0 saturated heterocycles. The first-order valence-electron chi connectivity index (χ1n) is 6.07. The summed E-state index contributed by atoms with van der Waals surface area (Å²) < 4.78 is 2.30. The van der Waals surface area contributed by atoms with Crippen molar-refractivity contribution < 1.29 is 0 Å². The molecule has 0 N–H and O–H groups in total. The molecule has 2 aromatic rings. The number of rotatable bonds is 2. The largest absolute Gasteiger partial charge is 0.238 e. The fourth-order valence-electron chi connectivity index (χ4n) is 2.20. The van der Waals surface area contributed by atoms with E-state index in [1.807, 2.05) is 11.9 Å². The lowest BCUT2D eigenvalue weighted by atomic mass is 10.1. The van der Waals surface area contributed by atoms with Gasteiger partial charge in [0.05, 0.1) is 6.04 Å². The third-order valence-electron chi connectivity index (χ3n) is 3.14. The van der Waals surface area contributed by atoms with Crippen LogP contribution in [0.3, 0.4) is 0 Å². The van der Waals surface area contributed by atoms with E-state index in [4.69, 9.17) is 0 Å². The van der Waals surface area contributed by atoms with Crippen LogP contribution in [0.1, 0.15) is 17.2 Å². The molecule has 2 heteroatoms. The van der Waals surface area contributed by atoms with Crippen molar-refractivity contribution in [2.45, 2.75) is 6.04 Å². The molecule has 0 amide bonds. The van der Waals surface area contributed by atoms with Crippen molar-refractivity contribution in [3.63, 3.8) is 0 Å². The van der Waals surface area contributed by atoms with Crippen LogP contribution >= 0.6 is 11.9 Å². The Morgan fingerprint density at radius 3 is 2.17 bits per heavy atom. The molecule has 0 bridgehead atoms. The van der Waals surface area contributed by atoms with Crippen LogP contribution in [0.4, 0.5) is 0 Å². The average Bonchev–Trinajstić information content (AvgIpc) is 2.83. The zero-order valence-electron chi connectivity index (χ0n) is 10.3. The summed E-state index contributed by atoms with van der Waals surface area (Å²) in [4.78, 5) is 1.34. The molecule has 0 aromatic heterocycles. The molecule has 0 saturated carbocycles. The maximum Gasteiger partial charge on any atom is 0.0647 e. The summed E-state index contributed by atoms with van der Waals surface area (Å²) in [5.41, 5.74) is 2.64. The fourth-order valence-corrected chi connectivity index (χ4v) is 3.24. The highest BCUT2D eigenvalue weighted by Gasteiger charge is 2.24. The average molecular weight is 253 g/mol. The SMILES string of the molecule is CN1SC(c2ccccc2)=CC1c1ccccc1. The van der Waals surface area contributed by atoms with Gasteiger partial charge in [-0.2, -0.15) is 0 Å². The molecule has 0 aliphatic carbocycles. The molecule has 0 radical (unpaired) electrons. The van der Waals surface area contributed by atoms with E-state index in [1.165, 1.54) is 16.0 Å². The third kappa shape index (κ3) is 2.22. The first kappa shape index (κ1) is 11.6. The summed E-state index contributed by atoms with van der Waals surface area (Å²) in [5, 5.41) is 0. The summed E-state index contributed by atoms with van der Waals surface area (Å²) >= 11 is 1.82. The topological polar surface area (TPSA) is 3.24 Å². The lowest BCUT2D eigenvalue weighted by Crippen LogP contribution is -2.10. The van der Waals surface area contributed by atoms with Crippen molar-refractivity contribution >= 4 is 16.9 Å². The normalized spacial score (nSPS) is 19.8. The summed E-state index contributed by atoms with van der Waals surface area (Å²) in [6, 6.07) is 21.6. The highest BCUT2D eigenvalue weighted by atomic mass is 32.2. The number of nitrogens with zero attached hydrogens (tertiary/aromatic N) is 1. The van der Waals surface area contributed by atoms with E-state index < -0.39 is 0 Å². The molecule has 1 unspecified atom stereocenters. The van der Waals surface area contributed by atoms with Crippen molar-refractivity contribution in [1.82, 2.24) is 4.31 Å². The first-order chi connectivity index (χ1) is 8.84. The predicted octanol–water partition coefficient (Wildman–Crippen LogP) is 4.36. The van der Waals surface area contributed by atoms with Gasteiger partial charge in [0.15, 0.2) is 0 Å². The van der Waals surface area contributed by atoms with E-state index in [0.29, 0.717) is 6.04 Å². The highest BCUT2D eigenvalue weighted by molar-refractivity contribution is 8.06. The second kappa shape index (κ2) is 5.01. The Hall–Kier alpha value is -1.51. The smallest absolute Gasteiger partial charge is 0.0647 e. The van der Waals surface area contributed by atoms with Gasteiger partial charge in [-0.1, -0.05) is 60.7 Å². The second-order valence-electron chi connectivity index (χ2n) is 4.39. The van der Waals surface area contributed by atoms with Gasteiger partial charge in [-0.25, -0.2) is 4.31 Å². The Bertz CT molecular complexity index is 548. The van der Waals surface area contributed by atoms with Crippen molar-refractivity contribution in [3.05, 3.63) is 77.9 Å².